The number of fused-ring (bicyclic) bond motifs is 3. The smallest absolute Gasteiger partial charge is 0.271 e. The topological polar surface area (TPSA) is 62.0 Å². The third-order valence-electron chi connectivity index (χ3n) is 7.01. The maximum absolute atomic E-state index is 14.0. The van der Waals surface area contributed by atoms with Crippen LogP contribution in [-0.2, 0) is 6.42 Å². The number of para-hydroxylation sites is 1. The Bertz CT molecular complexity index is 1730. The molecule has 0 saturated heterocycles. The van der Waals surface area contributed by atoms with Gasteiger partial charge in [0, 0.05) is 11.1 Å². The number of hydrogen-bond acceptors (Lipinski definition) is 6. The number of aryl methyl sites for hydroxylation is 1. The van der Waals surface area contributed by atoms with E-state index in [1.807, 2.05) is 53.1 Å². The Kier molecular flexibility index (Phi) is 5.93. The van der Waals surface area contributed by atoms with Crippen LogP contribution in [0, 0.1) is 0 Å². The molecule has 1 aromatic heterocycles. The van der Waals surface area contributed by atoms with Gasteiger partial charge in [-0.1, -0.05) is 59.9 Å². The molecule has 1 atom stereocenters. The van der Waals surface area contributed by atoms with E-state index in [2.05, 4.69) is 24.3 Å². The average Bonchev–Trinajstić information content (AvgIpc) is 3.25. The standard InChI is InChI=1S/C30H26N2O4S/c1-34-23-11-7-6-10-21(23)28-22-14-13-19-8-4-5-9-20(19)27(22)31-30-32(28)29(33)26(37-30)17-18-12-15-24(35-2)25(16-18)36-3/h4-12,15-17,28H,13-14H2,1-3H3/b26-17-/t28-/m0/s1. The van der Waals surface area contributed by atoms with E-state index in [0.717, 1.165) is 46.6 Å². The first-order chi connectivity index (χ1) is 18.1. The van der Waals surface area contributed by atoms with Crippen molar-refractivity contribution in [3.05, 3.63) is 114 Å². The predicted molar refractivity (Wildman–Crippen MR) is 145 cm³/mol. The minimum absolute atomic E-state index is 0.0696. The van der Waals surface area contributed by atoms with Gasteiger partial charge in [0.15, 0.2) is 16.3 Å². The molecule has 0 spiro atoms. The molecule has 0 radical (unpaired) electrons. The monoisotopic (exact) mass is 510 g/mol. The molecule has 0 bridgehead atoms. The fourth-order valence-corrected chi connectivity index (χ4v) is 6.29. The van der Waals surface area contributed by atoms with Gasteiger partial charge >= 0.3 is 0 Å². The lowest BCUT2D eigenvalue weighted by atomic mass is 9.83. The second-order valence-electron chi connectivity index (χ2n) is 8.97. The highest BCUT2D eigenvalue weighted by atomic mass is 32.1. The van der Waals surface area contributed by atoms with Crippen molar-refractivity contribution in [2.45, 2.75) is 18.9 Å². The predicted octanol–water partition coefficient (Wildman–Crippen LogP) is 4.34. The van der Waals surface area contributed by atoms with E-state index in [4.69, 9.17) is 19.2 Å². The summed E-state index contributed by atoms with van der Waals surface area (Å²) < 4.78 is 19.0. The lowest BCUT2D eigenvalue weighted by Gasteiger charge is -2.31. The summed E-state index contributed by atoms with van der Waals surface area (Å²) in [4.78, 5) is 19.7. The second kappa shape index (κ2) is 9.41. The van der Waals surface area contributed by atoms with Crippen LogP contribution in [0.2, 0.25) is 0 Å². The zero-order valence-electron chi connectivity index (χ0n) is 20.9. The Labute approximate surface area is 218 Å². The van der Waals surface area contributed by atoms with E-state index >= 15 is 0 Å². The van der Waals surface area contributed by atoms with Crippen LogP contribution in [0.5, 0.6) is 17.2 Å². The van der Waals surface area contributed by atoms with Gasteiger partial charge in [-0.2, -0.15) is 0 Å². The molecule has 0 unspecified atom stereocenters. The van der Waals surface area contributed by atoms with Crippen LogP contribution in [0.4, 0.5) is 0 Å². The van der Waals surface area contributed by atoms with E-state index in [1.54, 1.807) is 21.3 Å². The van der Waals surface area contributed by atoms with E-state index in [9.17, 15) is 4.79 Å². The summed E-state index contributed by atoms with van der Waals surface area (Å²) in [6.07, 6.45) is 3.63. The van der Waals surface area contributed by atoms with Gasteiger partial charge in [-0.15, -0.1) is 0 Å². The number of methoxy groups -OCH3 is 3. The fraction of sp³-hybridized carbons (Fsp3) is 0.200. The summed E-state index contributed by atoms with van der Waals surface area (Å²) in [5.74, 6) is 2.01. The van der Waals surface area contributed by atoms with Crippen molar-refractivity contribution in [1.29, 1.82) is 0 Å². The number of hydrogen-bond donors (Lipinski definition) is 0. The Morgan fingerprint density at radius 3 is 2.46 bits per heavy atom. The molecule has 6 nitrogen and oxygen atoms in total. The van der Waals surface area contributed by atoms with E-state index in [1.165, 1.54) is 16.9 Å². The number of rotatable bonds is 5. The molecular formula is C30H26N2O4S. The van der Waals surface area contributed by atoms with Gasteiger partial charge in [0.25, 0.3) is 5.56 Å². The molecule has 0 amide bonds. The average molecular weight is 511 g/mol. The van der Waals surface area contributed by atoms with E-state index in [-0.39, 0.29) is 11.6 Å². The van der Waals surface area contributed by atoms with Crippen molar-refractivity contribution in [2.24, 2.45) is 4.99 Å². The SMILES string of the molecule is COc1ccc(/C=c2\sc3n(c2=O)[C@@H](c2ccccc2OC)C2=C(N=3)c3ccccc3CC2)cc1OC. The molecule has 6 rings (SSSR count). The zero-order chi connectivity index (χ0) is 25.5. The van der Waals surface area contributed by atoms with Gasteiger partial charge in [-0.3, -0.25) is 9.36 Å². The van der Waals surface area contributed by atoms with Gasteiger partial charge in [0.2, 0.25) is 0 Å². The highest BCUT2D eigenvalue weighted by Gasteiger charge is 2.33. The minimum Gasteiger partial charge on any atom is -0.496 e. The van der Waals surface area contributed by atoms with Crippen LogP contribution in [0.15, 0.2) is 82.1 Å². The molecule has 37 heavy (non-hydrogen) atoms. The van der Waals surface area contributed by atoms with Crippen molar-refractivity contribution in [2.75, 3.05) is 21.3 Å². The van der Waals surface area contributed by atoms with Crippen molar-refractivity contribution >= 4 is 23.1 Å². The van der Waals surface area contributed by atoms with E-state index < -0.39 is 0 Å². The number of allylic oxidation sites excluding steroid dienone is 1. The van der Waals surface area contributed by atoms with Gasteiger partial charge in [-0.25, -0.2) is 4.99 Å². The molecule has 7 heteroatoms. The largest absolute Gasteiger partial charge is 0.496 e. The van der Waals surface area contributed by atoms with E-state index in [0.29, 0.717) is 20.8 Å². The normalized spacial score (nSPS) is 16.4. The van der Waals surface area contributed by atoms with Gasteiger partial charge in [0.1, 0.15) is 5.75 Å². The molecular weight excluding hydrogens is 484 g/mol. The Morgan fingerprint density at radius 1 is 0.892 bits per heavy atom. The molecule has 2 heterocycles. The fourth-order valence-electron chi connectivity index (χ4n) is 5.29. The highest BCUT2D eigenvalue weighted by Crippen LogP contribution is 2.43. The molecule has 1 aliphatic heterocycles. The molecule has 3 aromatic carbocycles. The quantitative estimate of drug-likeness (QED) is 0.401. The van der Waals surface area contributed by atoms with Gasteiger partial charge in [-0.05, 0) is 53.8 Å². The number of aromatic nitrogens is 1. The van der Waals surface area contributed by atoms with Gasteiger partial charge in [0.05, 0.1) is 37.6 Å². The first-order valence-corrected chi connectivity index (χ1v) is 12.9. The summed E-state index contributed by atoms with van der Waals surface area (Å²) in [7, 11) is 4.88. The van der Waals surface area contributed by atoms with Crippen molar-refractivity contribution in [3.8, 4) is 17.2 Å². The maximum atomic E-state index is 14.0. The molecule has 0 saturated carbocycles. The number of nitrogens with zero attached hydrogens (tertiary/aromatic N) is 2. The second-order valence-corrected chi connectivity index (χ2v) is 9.98. The Hall–Kier alpha value is -4.10. The first-order valence-electron chi connectivity index (χ1n) is 12.1. The number of ether oxygens (including phenoxy) is 3. The zero-order valence-corrected chi connectivity index (χ0v) is 21.7. The lowest BCUT2D eigenvalue weighted by molar-refractivity contribution is 0.355. The van der Waals surface area contributed by atoms with Crippen LogP contribution in [-0.4, -0.2) is 25.9 Å². The Balaban J connectivity index is 1.61. The summed E-state index contributed by atoms with van der Waals surface area (Å²) in [5.41, 5.74) is 6.29. The molecule has 4 aromatic rings. The number of thiazole rings is 1. The highest BCUT2D eigenvalue weighted by molar-refractivity contribution is 7.07. The summed E-state index contributed by atoms with van der Waals surface area (Å²) in [6, 6.07) is 21.7. The van der Waals surface area contributed by atoms with Crippen LogP contribution >= 0.6 is 11.3 Å². The summed E-state index contributed by atoms with van der Waals surface area (Å²) in [6.45, 7) is 0. The Morgan fingerprint density at radius 2 is 1.65 bits per heavy atom. The third kappa shape index (κ3) is 3.86. The van der Waals surface area contributed by atoms with Crippen LogP contribution < -0.4 is 29.1 Å². The third-order valence-corrected chi connectivity index (χ3v) is 7.99. The molecule has 186 valence electrons. The van der Waals surface area contributed by atoms with Crippen molar-refractivity contribution < 1.29 is 14.2 Å². The van der Waals surface area contributed by atoms with Crippen LogP contribution in [0.1, 0.15) is 34.7 Å². The lowest BCUT2D eigenvalue weighted by Crippen LogP contribution is -2.39. The molecule has 0 N–H and O–H groups in total. The minimum atomic E-state index is -0.289. The summed E-state index contributed by atoms with van der Waals surface area (Å²) >= 11 is 1.40. The maximum Gasteiger partial charge on any atom is 0.271 e. The van der Waals surface area contributed by atoms with Crippen LogP contribution in [0.25, 0.3) is 11.8 Å². The van der Waals surface area contributed by atoms with Crippen molar-refractivity contribution in [3.63, 3.8) is 0 Å². The summed E-state index contributed by atoms with van der Waals surface area (Å²) in [5, 5.41) is 0. The number of benzene rings is 3. The van der Waals surface area contributed by atoms with Crippen LogP contribution in [0.3, 0.4) is 0 Å². The van der Waals surface area contributed by atoms with Gasteiger partial charge < -0.3 is 14.2 Å². The van der Waals surface area contributed by atoms with Crippen molar-refractivity contribution in [1.82, 2.24) is 4.57 Å². The molecule has 1 aliphatic carbocycles. The molecule has 0 fully saturated rings. The molecule has 2 aliphatic rings. The first kappa shape index (κ1) is 23.3.